The number of nitriles is 1. The Morgan fingerprint density at radius 1 is 1.11 bits per heavy atom. The second-order valence-electron chi connectivity index (χ2n) is 6.42. The molecule has 2 aromatic heterocycles. The van der Waals surface area contributed by atoms with Gasteiger partial charge in [-0.25, -0.2) is 13.4 Å². The number of hydrogen-bond acceptors (Lipinski definition) is 6. The molecule has 1 aliphatic heterocycles. The fourth-order valence-electron chi connectivity index (χ4n) is 3.25. The molecule has 27 heavy (non-hydrogen) atoms. The van der Waals surface area contributed by atoms with Gasteiger partial charge in [0.2, 0.25) is 0 Å². The van der Waals surface area contributed by atoms with Crippen molar-refractivity contribution in [3.8, 4) is 6.07 Å². The van der Waals surface area contributed by atoms with Gasteiger partial charge < -0.3 is 4.90 Å². The molecule has 8 heteroatoms. The van der Waals surface area contributed by atoms with Crippen LogP contribution in [-0.4, -0.2) is 43.9 Å². The van der Waals surface area contributed by atoms with Gasteiger partial charge in [-0.05, 0) is 31.2 Å². The summed E-state index contributed by atoms with van der Waals surface area (Å²) in [4.78, 5) is 7.63. The van der Waals surface area contributed by atoms with Crippen LogP contribution >= 0.6 is 11.3 Å². The molecule has 0 atom stereocenters. The molecule has 3 heterocycles. The van der Waals surface area contributed by atoms with E-state index in [0.717, 1.165) is 15.8 Å². The van der Waals surface area contributed by atoms with Crippen molar-refractivity contribution in [3.05, 3.63) is 52.9 Å². The van der Waals surface area contributed by atoms with Crippen molar-refractivity contribution in [1.82, 2.24) is 9.29 Å². The highest BCUT2D eigenvalue weighted by molar-refractivity contribution is 7.91. The fourth-order valence-corrected chi connectivity index (χ4v) is 6.11. The Hall–Kier alpha value is -2.47. The number of hydrogen-bond donors (Lipinski definition) is 0. The molecular formula is C19H18N4O2S2. The molecule has 0 bridgehead atoms. The van der Waals surface area contributed by atoms with Crippen LogP contribution in [0.25, 0.3) is 10.9 Å². The average Bonchev–Trinajstić information content (AvgIpc) is 3.14. The van der Waals surface area contributed by atoms with Crippen LogP contribution in [0.4, 0.5) is 5.82 Å². The predicted octanol–water partition coefficient (Wildman–Crippen LogP) is 2.99. The van der Waals surface area contributed by atoms with Crippen LogP contribution in [0.5, 0.6) is 0 Å². The number of aryl methyl sites for hydroxylation is 1. The lowest BCUT2D eigenvalue weighted by molar-refractivity contribution is 0.385. The first-order valence-corrected chi connectivity index (χ1v) is 10.9. The Morgan fingerprint density at radius 3 is 2.52 bits per heavy atom. The van der Waals surface area contributed by atoms with Crippen LogP contribution in [0.1, 0.15) is 10.4 Å². The Morgan fingerprint density at radius 2 is 1.85 bits per heavy atom. The number of piperazine rings is 1. The van der Waals surface area contributed by atoms with E-state index in [0.29, 0.717) is 41.8 Å². The van der Waals surface area contributed by atoms with Gasteiger partial charge in [0.25, 0.3) is 10.0 Å². The molecule has 1 fully saturated rings. The van der Waals surface area contributed by atoms with Gasteiger partial charge in [-0.3, -0.25) is 0 Å². The molecule has 138 valence electrons. The second-order valence-corrected chi connectivity index (χ2v) is 9.87. The number of thiophene rings is 1. The molecule has 3 aromatic rings. The fraction of sp³-hybridized carbons (Fsp3) is 0.263. The van der Waals surface area contributed by atoms with E-state index in [9.17, 15) is 13.7 Å². The minimum Gasteiger partial charge on any atom is -0.353 e. The van der Waals surface area contributed by atoms with E-state index in [4.69, 9.17) is 0 Å². The van der Waals surface area contributed by atoms with Gasteiger partial charge in [-0.1, -0.05) is 18.2 Å². The van der Waals surface area contributed by atoms with Crippen LogP contribution < -0.4 is 4.90 Å². The smallest absolute Gasteiger partial charge is 0.252 e. The summed E-state index contributed by atoms with van der Waals surface area (Å²) in [7, 11) is -3.46. The highest BCUT2D eigenvalue weighted by Crippen LogP contribution is 2.28. The average molecular weight is 399 g/mol. The quantitative estimate of drug-likeness (QED) is 0.678. The number of para-hydroxylation sites is 1. The molecule has 0 spiro atoms. The van der Waals surface area contributed by atoms with Gasteiger partial charge in [0.05, 0.1) is 11.1 Å². The van der Waals surface area contributed by atoms with E-state index in [-0.39, 0.29) is 0 Å². The Kier molecular flexibility index (Phi) is 4.60. The zero-order valence-electron chi connectivity index (χ0n) is 14.8. The third-order valence-electron chi connectivity index (χ3n) is 4.67. The number of sulfonamides is 1. The number of aromatic nitrogens is 1. The maximum atomic E-state index is 12.8. The van der Waals surface area contributed by atoms with Crippen molar-refractivity contribution in [2.24, 2.45) is 0 Å². The molecule has 1 aliphatic rings. The predicted molar refractivity (Wildman–Crippen MR) is 106 cm³/mol. The number of fused-ring (bicyclic) bond motifs is 1. The molecule has 0 aliphatic carbocycles. The zero-order chi connectivity index (χ0) is 19.0. The Balaban J connectivity index is 1.58. The van der Waals surface area contributed by atoms with Crippen molar-refractivity contribution in [1.29, 1.82) is 5.26 Å². The topological polar surface area (TPSA) is 77.3 Å². The summed E-state index contributed by atoms with van der Waals surface area (Å²) in [6.07, 6.45) is 0. The van der Waals surface area contributed by atoms with Gasteiger partial charge in [0, 0.05) is 36.4 Å². The molecule has 0 N–H and O–H groups in total. The Bertz CT molecular complexity index is 1140. The number of nitrogens with zero attached hydrogens (tertiary/aromatic N) is 4. The number of rotatable bonds is 3. The lowest BCUT2D eigenvalue weighted by Crippen LogP contribution is -2.49. The van der Waals surface area contributed by atoms with Gasteiger partial charge in [0.15, 0.2) is 0 Å². The van der Waals surface area contributed by atoms with E-state index >= 15 is 0 Å². The van der Waals surface area contributed by atoms with Crippen LogP contribution in [0.3, 0.4) is 0 Å². The molecule has 4 rings (SSSR count). The third kappa shape index (κ3) is 3.30. The van der Waals surface area contributed by atoms with Crippen molar-refractivity contribution in [2.45, 2.75) is 11.1 Å². The standard InChI is InChI=1S/C19H18N4O2S2/c1-14-6-7-18(26-14)27(24,25)23-10-8-22(9-11-23)19-16(13-20)12-15-4-2-3-5-17(15)21-19/h2-7,12H,8-11H2,1H3. The molecule has 0 saturated carbocycles. The summed E-state index contributed by atoms with van der Waals surface area (Å²) < 4.78 is 27.5. The minimum atomic E-state index is -3.46. The normalized spacial score (nSPS) is 15.8. The number of anilines is 1. The first kappa shape index (κ1) is 17.9. The number of benzene rings is 1. The van der Waals surface area contributed by atoms with E-state index in [1.165, 1.54) is 15.6 Å². The van der Waals surface area contributed by atoms with Gasteiger partial charge >= 0.3 is 0 Å². The van der Waals surface area contributed by atoms with Crippen LogP contribution in [0.15, 0.2) is 46.7 Å². The molecule has 6 nitrogen and oxygen atoms in total. The molecule has 1 saturated heterocycles. The summed E-state index contributed by atoms with van der Waals surface area (Å²) >= 11 is 1.29. The van der Waals surface area contributed by atoms with Gasteiger partial charge in [-0.2, -0.15) is 9.57 Å². The summed E-state index contributed by atoms with van der Waals surface area (Å²) in [6, 6.07) is 15.2. The molecule has 1 aromatic carbocycles. The SMILES string of the molecule is Cc1ccc(S(=O)(=O)N2CCN(c3nc4ccccc4cc3C#N)CC2)s1. The van der Waals surface area contributed by atoms with Crippen LogP contribution in [0.2, 0.25) is 0 Å². The zero-order valence-corrected chi connectivity index (χ0v) is 16.4. The lowest BCUT2D eigenvalue weighted by Gasteiger charge is -2.34. The first-order chi connectivity index (χ1) is 13.0. The van der Waals surface area contributed by atoms with Crippen molar-refractivity contribution in [2.75, 3.05) is 31.1 Å². The van der Waals surface area contributed by atoms with Gasteiger partial charge in [-0.15, -0.1) is 11.3 Å². The van der Waals surface area contributed by atoms with Crippen molar-refractivity contribution >= 4 is 38.1 Å². The molecule has 0 amide bonds. The summed E-state index contributed by atoms with van der Waals surface area (Å²) in [5.41, 5.74) is 1.34. The van der Waals surface area contributed by atoms with E-state index in [2.05, 4.69) is 11.1 Å². The molecule has 0 radical (unpaired) electrons. The van der Waals surface area contributed by atoms with E-state index < -0.39 is 10.0 Å². The summed E-state index contributed by atoms with van der Waals surface area (Å²) in [5.74, 6) is 0.625. The van der Waals surface area contributed by atoms with Gasteiger partial charge in [0.1, 0.15) is 16.1 Å². The largest absolute Gasteiger partial charge is 0.353 e. The minimum absolute atomic E-state index is 0.374. The highest BCUT2D eigenvalue weighted by atomic mass is 32.2. The number of pyridine rings is 1. The molecule has 0 unspecified atom stereocenters. The van der Waals surface area contributed by atoms with Crippen molar-refractivity contribution in [3.63, 3.8) is 0 Å². The van der Waals surface area contributed by atoms with Crippen LogP contribution in [-0.2, 0) is 10.0 Å². The first-order valence-electron chi connectivity index (χ1n) is 8.60. The highest BCUT2D eigenvalue weighted by Gasteiger charge is 2.30. The summed E-state index contributed by atoms with van der Waals surface area (Å²) in [6.45, 7) is 3.65. The lowest BCUT2D eigenvalue weighted by atomic mass is 10.1. The second kappa shape index (κ2) is 6.93. The molecular weight excluding hydrogens is 380 g/mol. The summed E-state index contributed by atoms with van der Waals surface area (Å²) in [5, 5.41) is 10.4. The van der Waals surface area contributed by atoms with E-state index in [1.807, 2.05) is 48.2 Å². The van der Waals surface area contributed by atoms with Crippen molar-refractivity contribution < 1.29 is 8.42 Å². The maximum absolute atomic E-state index is 12.8. The maximum Gasteiger partial charge on any atom is 0.252 e. The monoisotopic (exact) mass is 398 g/mol. The van der Waals surface area contributed by atoms with Crippen LogP contribution in [0, 0.1) is 18.3 Å². The third-order valence-corrected chi connectivity index (χ3v) is 8.04. The Labute approximate surface area is 162 Å². The van der Waals surface area contributed by atoms with E-state index in [1.54, 1.807) is 6.07 Å².